The van der Waals surface area contributed by atoms with Crippen LogP contribution in [0.3, 0.4) is 0 Å². The minimum absolute atomic E-state index is 0.185. The quantitative estimate of drug-likeness (QED) is 0.602. The maximum Gasteiger partial charge on any atom is 0.255 e. The third-order valence-electron chi connectivity index (χ3n) is 4.44. The van der Waals surface area contributed by atoms with Crippen molar-refractivity contribution in [2.24, 2.45) is 0 Å². The molecule has 1 aliphatic rings. The number of nitrogens with zero attached hydrogens (tertiary/aromatic N) is 2. The molecule has 1 amide bonds. The summed E-state index contributed by atoms with van der Waals surface area (Å²) in [6, 6.07) is 18.6. The van der Waals surface area contributed by atoms with Gasteiger partial charge in [-0.15, -0.1) is 0 Å². The van der Waals surface area contributed by atoms with Crippen molar-refractivity contribution in [1.29, 1.82) is 0 Å². The maximum absolute atomic E-state index is 12.5. The molecule has 1 N–H and O–H groups in total. The fraction of sp³-hybridized carbons (Fsp3) is 0.0476. The summed E-state index contributed by atoms with van der Waals surface area (Å²) in [7, 11) is 0. The first-order chi connectivity index (χ1) is 13.3. The van der Waals surface area contributed by atoms with Gasteiger partial charge in [0, 0.05) is 29.2 Å². The molecule has 0 atom stereocenters. The van der Waals surface area contributed by atoms with E-state index in [4.69, 9.17) is 9.47 Å². The van der Waals surface area contributed by atoms with Gasteiger partial charge in [-0.3, -0.25) is 4.79 Å². The Hall–Kier alpha value is -3.80. The molecule has 0 bridgehead atoms. The first-order valence-corrected chi connectivity index (χ1v) is 8.51. The van der Waals surface area contributed by atoms with Gasteiger partial charge >= 0.3 is 0 Å². The lowest BCUT2D eigenvalue weighted by Gasteiger charge is -2.07. The molecule has 132 valence electrons. The van der Waals surface area contributed by atoms with Crippen LogP contribution < -0.4 is 14.8 Å². The average molecular weight is 357 g/mol. The highest BCUT2D eigenvalue weighted by atomic mass is 16.7. The number of hydrogen-bond donors (Lipinski definition) is 1. The minimum atomic E-state index is -0.200. The van der Waals surface area contributed by atoms with Gasteiger partial charge in [-0.1, -0.05) is 18.2 Å². The molecule has 0 saturated carbocycles. The first-order valence-electron chi connectivity index (χ1n) is 8.51. The Bertz CT molecular complexity index is 1120. The lowest BCUT2D eigenvalue weighted by Crippen LogP contribution is -2.11. The van der Waals surface area contributed by atoms with Crippen molar-refractivity contribution >= 4 is 17.2 Å². The van der Waals surface area contributed by atoms with E-state index in [-0.39, 0.29) is 12.7 Å². The maximum atomic E-state index is 12.5. The number of anilines is 1. The van der Waals surface area contributed by atoms with E-state index in [1.807, 2.05) is 59.3 Å². The van der Waals surface area contributed by atoms with Crippen LogP contribution in [0, 0.1) is 0 Å². The van der Waals surface area contributed by atoms with Crippen LogP contribution in [0.1, 0.15) is 10.4 Å². The Morgan fingerprint density at radius 2 is 1.85 bits per heavy atom. The smallest absolute Gasteiger partial charge is 0.255 e. The van der Waals surface area contributed by atoms with Crippen molar-refractivity contribution in [3.8, 4) is 22.8 Å². The molecule has 4 aromatic rings. The number of carbonyl (C=O) groups excluding carboxylic acids is 1. The first kappa shape index (κ1) is 15.5. The molecule has 1 aliphatic heterocycles. The van der Waals surface area contributed by atoms with Gasteiger partial charge in [-0.05, 0) is 42.5 Å². The molecule has 27 heavy (non-hydrogen) atoms. The van der Waals surface area contributed by atoms with Crippen molar-refractivity contribution < 1.29 is 14.3 Å². The van der Waals surface area contributed by atoms with Crippen LogP contribution in [0.2, 0.25) is 0 Å². The van der Waals surface area contributed by atoms with E-state index in [9.17, 15) is 4.79 Å². The minimum Gasteiger partial charge on any atom is -0.454 e. The summed E-state index contributed by atoms with van der Waals surface area (Å²) in [6.45, 7) is 0.185. The Balaban J connectivity index is 1.35. The normalized spacial score (nSPS) is 12.3. The third-order valence-corrected chi connectivity index (χ3v) is 4.44. The number of pyridine rings is 1. The summed E-state index contributed by atoms with van der Waals surface area (Å²) in [4.78, 5) is 17.1. The molecule has 3 heterocycles. The van der Waals surface area contributed by atoms with Crippen LogP contribution in [0.4, 0.5) is 5.69 Å². The van der Waals surface area contributed by atoms with Crippen LogP contribution >= 0.6 is 0 Å². The summed E-state index contributed by atoms with van der Waals surface area (Å²) in [6.07, 6.45) is 3.95. The van der Waals surface area contributed by atoms with Crippen LogP contribution in [0.25, 0.3) is 16.9 Å². The molecule has 2 aromatic heterocycles. The molecule has 0 aliphatic carbocycles. The molecular weight excluding hydrogens is 342 g/mol. The molecule has 0 spiro atoms. The Labute approximate surface area is 155 Å². The standard InChI is InChI=1S/C21H15N3O3/c25-21(15-6-9-18-19(11-15)27-13-26-18)22-16-7-4-14(5-8-16)17-12-24-10-2-1-3-20(24)23-17/h1-12H,13H2,(H,22,25). The zero-order valence-electron chi connectivity index (χ0n) is 14.3. The van der Waals surface area contributed by atoms with E-state index < -0.39 is 0 Å². The van der Waals surface area contributed by atoms with E-state index in [2.05, 4.69) is 10.3 Å². The SMILES string of the molecule is O=C(Nc1ccc(-c2cn3ccccc3n2)cc1)c1ccc2c(c1)OCO2. The fourth-order valence-corrected chi connectivity index (χ4v) is 3.04. The fourth-order valence-electron chi connectivity index (χ4n) is 3.04. The van der Waals surface area contributed by atoms with Gasteiger partial charge in [0.1, 0.15) is 5.65 Å². The highest BCUT2D eigenvalue weighted by molar-refractivity contribution is 6.04. The van der Waals surface area contributed by atoms with Crippen molar-refractivity contribution in [2.75, 3.05) is 12.1 Å². The third kappa shape index (κ3) is 2.87. The second kappa shape index (κ2) is 6.17. The van der Waals surface area contributed by atoms with E-state index in [0.717, 1.165) is 16.9 Å². The van der Waals surface area contributed by atoms with E-state index in [0.29, 0.717) is 22.7 Å². The molecule has 2 aromatic carbocycles. The molecule has 0 unspecified atom stereocenters. The average Bonchev–Trinajstić information content (AvgIpc) is 3.34. The van der Waals surface area contributed by atoms with E-state index >= 15 is 0 Å². The summed E-state index contributed by atoms with van der Waals surface area (Å²) in [5, 5.41) is 2.89. The highest BCUT2D eigenvalue weighted by Gasteiger charge is 2.16. The van der Waals surface area contributed by atoms with Gasteiger partial charge in [0.25, 0.3) is 5.91 Å². The number of fused-ring (bicyclic) bond motifs is 2. The number of benzene rings is 2. The van der Waals surface area contributed by atoms with Gasteiger partial charge in [-0.25, -0.2) is 4.98 Å². The van der Waals surface area contributed by atoms with E-state index in [1.54, 1.807) is 18.2 Å². The number of carbonyl (C=O) groups is 1. The van der Waals surface area contributed by atoms with Crippen molar-refractivity contribution in [3.63, 3.8) is 0 Å². The predicted molar refractivity (Wildman–Crippen MR) is 101 cm³/mol. The van der Waals surface area contributed by atoms with Crippen molar-refractivity contribution in [2.45, 2.75) is 0 Å². The second-order valence-electron chi connectivity index (χ2n) is 6.19. The Morgan fingerprint density at radius 1 is 1.00 bits per heavy atom. The molecule has 0 radical (unpaired) electrons. The number of hydrogen-bond acceptors (Lipinski definition) is 4. The van der Waals surface area contributed by atoms with Gasteiger partial charge in [0.05, 0.1) is 5.69 Å². The van der Waals surface area contributed by atoms with Gasteiger partial charge < -0.3 is 19.2 Å². The number of aromatic nitrogens is 2. The topological polar surface area (TPSA) is 64.9 Å². The number of ether oxygens (including phenoxy) is 2. The highest BCUT2D eigenvalue weighted by Crippen LogP contribution is 2.32. The van der Waals surface area contributed by atoms with Crippen LogP contribution in [0.15, 0.2) is 73.1 Å². The second-order valence-corrected chi connectivity index (χ2v) is 6.19. The van der Waals surface area contributed by atoms with Crippen molar-refractivity contribution in [3.05, 3.63) is 78.6 Å². The number of imidazole rings is 1. The number of rotatable bonds is 3. The summed E-state index contributed by atoms with van der Waals surface area (Å²) >= 11 is 0. The number of amides is 1. The summed E-state index contributed by atoms with van der Waals surface area (Å²) in [5.41, 5.74) is 4.00. The predicted octanol–water partition coefficient (Wildman–Crippen LogP) is 3.98. The molecule has 6 heteroatoms. The zero-order valence-corrected chi connectivity index (χ0v) is 14.3. The Morgan fingerprint density at radius 3 is 2.70 bits per heavy atom. The largest absolute Gasteiger partial charge is 0.454 e. The lowest BCUT2D eigenvalue weighted by atomic mass is 10.1. The summed E-state index contributed by atoms with van der Waals surface area (Å²) < 4.78 is 12.6. The van der Waals surface area contributed by atoms with Crippen LogP contribution in [-0.4, -0.2) is 22.1 Å². The molecule has 6 nitrogen and oxygen atoms in total. The number of nitrogens with one attached hydrogen (secondary N) is 1. The zero-order chi connectivity index (χ0) is 18.2. The molecule has 5 rings (SSSR count). The summed E-state index contributed by atoms with van der Waals surface area (Å²) in [5.74, 6) is 1.04. The van der Waals surface area contributed by atoms with Crippen molar-refractivity contribution in [1.82, 2.24) is 9.38 Å². The van der Waals surface area contributed by atoms with Gasteiger partial charge in [-0.2, -0.15) is 0 Å². The Kier molecular flexibility index (Phi) is 3.53. The molecule has 0 fully saturated rings. The van der Waals surface area contributed by atoms with Gasteiger partial charge in [0.2, 0.25) is 6.79 Å². The van der Waals surface area contributed by atoms with Crippen LogP contribution in [0.5, 0.6) is 11.5 Å². The monoisotopic (exact) mass is 357 g/mol. The molecule has 0 saturated heterocycles. The van der Waals surface area contributed by atoms with E-state index in [1.165, 1.54) is 0 Å². The van der Waals surface area contributed by atoms with Gasteiger partial charge in [0.15, 0.2) is 11.5 Å². The molecular formula is C21H15N3O3. The van der Waals surface area contributed by atoms with Crippen LogP contribution in [-0.2, 0) is 0 Å². The lowest BCUT2D eigenvalue weighted by molar-refractivity contribution is 0.102.